The fourth-order valence-corrected chi connectivity index (χ4v) is 3.75. The lowest BCUT2D eigenvalue weighted by atomic mass is 10.1. The van der Waals surface area contributed by atoms with E-state index in [1.54, 1.807) is 25.1 Å². The molecule has 1 fully saturated rings. The van der Waals surface area contributed by atoms with Crippen molar-refractivity contribution in [3.05, 3.63) is 29.3 Å². The number of rotatable bonds is 4. The van der Waals surface area contributed by atoms with Gasteiger partial charge < -0.3 is 10.4 Å². The molecule has 0 aromatic heterocycles. The van der Waals surface area contributed by atoms with Crippen LogP contribution in [0.25, 0.3) is 0 Å². The minimum atomic E-state index is -0.0308. The van der Waals surface area contributed by atoms with E-state index >= 15 is 0 Å². The lowest BCUT2D eigenvalue weighted by Gasteiger charge is -2.20. The molecule has 0 radical (unpaired) electrons. The number of carbonyl (C=O) groups is 1. The van der Waals surface area contributed by atoms with Crippen molar-refractivity contribution >= 4 is 17.7 Å². The zero-order valence-electron chi connectivity index (χ0n) is 11.5. The second-order valence-electron chi connectivity index (χ2n) is 5.01. The van der Waals surface area contributed by atoms with Crippen LogP contribution in [0.3, 0.4) is 0 Å². The van der Waals surface area contributed by atoms with Gasteiger partial charge in [0.25, 0.3) is 5.91 Å². The highest BCUT2D eigenvalue weighted by atomic mass is 32.2. The molecule has 2 unspecified atom stereocenters. The number of benzene rings is 1. The summed E-state index contributed by atoms with van der Waals surface area (Å²) in [6, 6.07) is 5.28. The average Bonchev–Trinajstić information content (AvgIpc) is 2.80. The summed E-state index contributed by atoms with van der Waals surface area (Å²) < 4.78 is 0. The maximum Gasteiger partial charge on any atom is 0.251 e. The molecule has 0 bridgehead atoms. The molecule has 2 rings (SSSR count). The third-order valence-electron chi connectivity index (χ3n) is 3.61. The van der Waals surface area contributed by atoms with E-state index in [1.165, 1.54) is 12.8 Å². The van der Waals surface area contributed by atoms with Gasteiger partial charge in [-0.25, -0.2) is 0 Å². The van der Waals surface area contributed by atoms with Gasteiger partial charge in [-0.2, -0.15) is 11.8 Å². The number of hydrogen-bond donors (Lipinski definition) is 2. The van der Waals surface area contributed by atoms with Crippen LogP contribution in [-0.4, -0.2) is 28.1 Å². The normalized spacial score (nSPS) is 22.4. The number of amides is 1. The summed E-state index contributed by atoms with van der Waals surface area (Å²) >= 11 is 1.94. The van der Waals surface area contributed by atoms with Gasteiger partial charge >= 0.3 is 0 Å². The number of carbonyl (C=O) groups excluding carboxylic acids is 1. The first-order chi connectivity index (χ1) is 9.11. The average molecular weight is 279 g/mol. The monoisotopic (exact) mass is 279 g/mol. The van der Waals surface area contributed by atoms with E-state index in [9.17, 15) is 9.90 Å². The van der Waals surface area contributed by atoms with Crippen LogP contribution in [0.1, 0.15) is 42.1 Å². The van der Waals surface area contributed by atoms with Crippen molar-refractivity contribution in [1.29, 1.82) is 0 Å². The number of thioether (sulfide) groups is 1. The van der Waals surface area contributed by atoms with Crippen molar-refractivity contribution in [1.82, 2.24) is 5.32 Å². The Hall–Kier alpha value is -1.16. The van der Waals surface area contributed by atoms with Crippen LogP contribution in [-0.2, 0) is 0 Å². The number of nitrogens with one attached hydrogen (secondary N) is 1. The molecule has 19 heavy (non-hydrogen) atoms. The first kappa shape index (κ1) is 14.3. The SMILES string of the molecule is CCSC1CCCC1NC(=O)c1ccc(O)c(C)c1. The molecule has 0 saturated heterocycles. The first-order valence-electron chi connectivity index (χ1n) is 6.84. The summed E-state index contributed by atoms with van der Waals surface area (Å²) in [7, 11) is 0. The van der Waals surface area contributed by atoms with E-state index in [-0.39, 0.29) is 17.7 Å². The lowest BCUT2D eigenvalue weighted by Crippen LogP contribution is -2.38. The third kappa shape index (κ3) is 3.44. The Labute approximate surface area is 118 Å². The van der Waals surface area contributed by atoms with Crippen LogP contribution in [0.2, 0.25) is 0 Å². The Morgan fingerprint density at radius 2 is 2.26 bits per heavy atom. The van der Waals surface area contributed by atoms with Crippen molar-refractivity contribution < 1.29 is 9.90 Å². The highest BCUT2D eigenvalue weighted by molar-refractivity contribution is 7.99. The van der Waals surface area contributed by atoms with Crippen LogP contribution in [0.4, 0.5) is 0 Å². The molecule has 4 heteroatoms. The quantitative estimate of drug-likeness (QED) is 0.890. The zero-order chi connectivity index (χ0) is 13.8. The number of phenols is 1. The summed E-state index contributed by atoms with van der Waals surface area (Å²) in [5.74, 6) is 1.29. The maximum atomic E-state index is 12.2. The molecule has 104 valence electrons. The van der Waals surface area contributed by atoms with Crippen molar-refractivity contribution in [2.24, 2.45) is 0 Å². The van der Waals surface area contributed by atoms with Crippen LogP contribution in [0.5, 0.6) is 5.75 Å². The van der Waals surface area contributed by atoms with Crippen LogP contribution >= 0.6 is 11.8 Å². The lowest BCUT2D eigenvalue weighted by molar-refractivity contribution is 0.0938. The number of aryl methyl sites for hydroxylation is 1. The summed E-state index contributed by atoms with van der Waals surface area (Å²) in [5.41, 5.74) is 1.36. The number of aromatic hydroxyl groups is 1. The van der Waals surface area contributed by atoms with Gasteiger partial charge in [0.15, 0.2) is 0 Å². The molecular weight excluding hydrogens is 258 g/mol. The second kappa shape index (κ2) is 6.33. The van der Waals surface area contributed by atoms with Gasteiger partial charge in [-0.3, -0.25) is 4.79 Å². The smallest absolute Gasteiger partial charge is 0.251 e. The Morgan fingerprint density at radius 1 is 1.47 bits per heavy atom. The summed E-state index contributed by atoms with van der Waals surface area (Å²) in [6.07, 6.45) is 3.45. The topological polar surface area (TPSA) is 49.3 Å². The van der Waals surface area contributed by atoms with Crippen molar-refractivity contribution in [2.45, 2.75) is 44.4 Å². The predicted molar refractivity (Wildman–Crippen MR) is 79.9 cm³/mol. The van der Waals surface area contributed by atoms with Gasteiger partial charge in [0.2, 0.25) is 0 Å². The molecule has 0 heterocycles. The molecule has 2 atom stereocenters. The van der Waals surface area contributed by atoms with E-state index in [2.05, 4.69) is 12.2 Å². The Kier molecular flexibility index (Phi) is 4.75. The van der Waals surface area contributed by atoms with Crippen molar-refractivity contribution in [3.8, 4) is 5.75 Å². The summed E-state index contributed by atoms with van der Waals surface area (Å²) in [5, 5.41) is 13.2. The van der Waals surface area contributed by atoms with E-state index < -0.39 is 0 Å². The van der Waals surface area contributed by atoms with Crippen LogP contribution in [0.15, 0.2) is 18.2 Å². The summed E-state index contributed by atoms with van der Waals surface area (Å²) in [4.78, 5) is 12.2. The zero-order valence-corrected chi connectivity index (χ0v) is 12.3. The molecule has 0 aliphatic heterocycles. The highest BCUT2D eigenvalue weighted by Crippen LogP contribution is 2.30. The predicted octanol–water partition coefficient (Wildman–Crippen LogP) is 3.10. The fourth-order valence-electron chi connectivity index (χ4n) is 2.55. The second-order valence-corrected chi connectivity index (χ2v) is 6.52. The molecule has 1 aromatic carbocycles. The number of hydrogen-bond acceptors (Lipinski definition) is 3. The summed E-state index contributed by atoms with van der Waals surface area (Å²) in [6.45, 7) is 3.96. The van der Waals surface area contributed by atoms with Gasteiger partial charge in [0.05, 0.1) is 0 Å². The van der Waals surface area contributed by atoms with Crippen molar-refractivity contribution in [3.63, 3.8) is 0 Å². The molecule has 2 N–H and O–H groups in total. The molecule has 0 spiro atoms. The number of phenolic OH excluding ortho intramolecular Hbond substituents is 1. The van der Waals surface area contributed by atoms with E-state index in [4.69, 9.17) is 0 Å². The minimum absolute atomic E-state index is 0.0308. The Balaban J connectivity index is 2.02. The van der Waals surface area contributed by atoms with E-state index in [0.717, 1.165) is 17.7 Å². The van der Waals surface area contributed by atoms with E-state index in [0.29, 0.717) is 10.8 Å². The van der Waals surface area contributed by atoms with Gasteiger partial charge in [-0.1, -0.05) is 13.3 Å². The third-order valence-corrected chi connectivity index (χ3v) is 4.93. The van der Waals surface area contributed by atoms with Crippen LogP contribution in [0, 0.1) is 6.92 Å². The molecule has 1 aliphatic rings. The van der Waals surface area contributed by atoms with Crippen LogP contribution < -0.4 is 5.32 Å². The molecule has 1 aromatic rings. The molecular formula is C15H21NO2S. The molecule has 3 nitrogen and oxygen atoms in total. The highest BCUT2D eigenvalue weighted by Gasteiger charge is 2.28. The molecule has 1 saturated carbocycles. The molecule has 1 amide bonds. The Bertz CT molecular complexity index is 461. The van der Waals surface area contributed by atoms with Gasteiger partial charge in [-0.15, -0.1) is 0 Å². The molecule has 1 aliphatic carbocycles. The maximum absolute atomic E-state index is 12.2. The van der Waals surface area contributed by atoms with E-state index in [1.807, 2.05) is 11.8 Å². The largest absolute Gasteiger partial charge is 0.508 e. The standard InChI is InChI=1S/C15H21NO2S/c1-3-19-14-6-4-5-12(14)16-15(18)11-7-8-13(17)10(2)9-11/h7-9,12,14,17H,3-6H2,1-2H3,(H,16,18). The Morgan fingerprint density at radius 3 is 2.95 bits per heavy atom. The minimum Gasteiger partial charge on any atom is -0.508 e. The fraction of sp³-hybridized carbons (Fsp3) is 0.533. The van der Waals surface area contributed by atoms with Gasteiger partial charge in [0, 0.05) is 16.9 Å². The van der Waals surface area contributed by atoms with Gasteiger partial charge in [0.1, 0.15) is 5.75 Å². The first-order valence-corrected chi connectivity index (χ1v) is 7.88. The van der Waals surface area contributed by atoms with Gasteiger partial charge in [-0.05, 0) is 49.3 Å². The van der Waals surface area contributed by atoms with Crippen molar-refractivity contribution in [2.75, 3.05) is 5.75 Å².